The molecule has 146 valence electrons. The van der Waals surface area contributed by atoms with Gasteiger partial charge in [0.05, 0.1) is 18.4 Å². The Morgan fingerprint density at radius 2 is 2.07 bits per heavy atom. The number of benzene rings is 1. The van der Waals surface area contributed by atoms with E-state index in [9.17, 15) is 14.3 Å². The van der Waals surface area contributed by atoms with Crippen LogP contribution in [0.3, 0.4) is 0 Å². The van der Waals surface area contributed by atoms with Gasteiger partial charge in [-0.25, -0.2) is 9.40 Å². The van der Waals surface area contributed by atoms with Crippen molar-refractivity contribution in [3.05, 3.63) is 46.9 Å². The quantitative estimate of drug-likeness (QED) is 0.654. The zero-order chi connectivity index (χ0) is 20.0. The molecular formula is C20H27FN4O2. The predicted octanol–water partition coefficient (Wildman–Crippen LogP) is 2.98. The molecule has 1 amide bonds. The molecule has 0 bridgehead atoms. The molecule has 0 saturated heterocycles. The number of carbonyl (C=O) groups excluding carboxylic acids is 1. The van der Waals surface area contributed by atoms with Gasteiger partial charge in [0.25, 0.3) is 5.91 Å². The average molecular weight is 374 g/mol. The largest absolute Gasteiger partial charge is 0.391 e. The lowest BCUT2D eigenvalue weighted by Gasteiger charge is -2.32. The molecule has 0 aromatic heterocycles. The van der Waals surface area contributed by atoms with E-state index in [1.807, 2.05) is 13.8 Å². The number of carbonyl (C=O) groups is 1. The van der Waals surface area contributed by atoms with E-state index in [0.29, 0.717) is 29.7 Å². The van der Waals surface area contributed by atoms with Gasteiger partial charge in [-0.1, -0.05) is 38.5 Å². The maximum absolute atomic E-state index is 13.8. The van der Waals surface area contributed by atoms with Crippen molar-refractivity contribution in [1.29, 1.82) is 5.41 Å². The van der Waals surface area contributed by atoms with Crippen LogP contribution in [0.25, 0.3) is 0 Å². The van der Waals surface area contributed by atoms with Crippen molar-refractivity contribution in [3.63, 3.8) is 0 Å². The number of allylic oxidation sites excluding steroid dienone is 1. The number of nitrogens with one attached hydrogen (secondary N) is 2. The van der Waals surface area contributed by atoms with Gasteiger partial charge >= 0.3 is 0 Å². The molecular weight excluding hydrogens is 347 g/mol. The van der Waals surface area contributed by atoms with Crippen molar-refractivity contribution in [1.82, 2.24) is 10.3 Å². The highest BCUT2D eigenvalue weighted by Gasteiger charge is 2.33. The van der Waals surface area contributed by atoms with Crippen molar-refractivity contribution in [2.45, 2.75) is 58.7 Å². The van der Waals surface area contributed by atoms with Crippen LogP contribution in [0.15, 0.2) is 40.6 Å². The van der Waals surface area contributed by atoms with Crippen molar-refractivity contribution in [3.8, 4) is 0 Å². The van der Waals surface area contributed by atoms with Gasteiger partial charge in [-0.2, -0.15) is 5.10 Å². The Bertz CT molecular complexity index is 758. The Kier molecular flexibility index (Phi) is 7.24. The second kappa shape index (κ2) is 9.41. The summed E-state index contributed by atoms with van der Waals surface area (Å²) in [6, 6.07) is 6.01. The highest BCUT2D eigenvalue weighted by molar-refractivity contribution is 6.49. The van der Waals surface area contributed by atoms with Gasteiger partial charge in [-0.05, 0) is 25.8 Å². The third kappa shape index (κ3) is 4.80. The third-order valence-electron chi connectivity index (χ3n) is 4.59. The smallest absolute Gasteiger partial charge is 0.292 e. The van der Waals surface area contributed by atoms with Gasteiger partial charge in [0, 0.05) is 23.4 Å². The van der Waals surface area contributed by atoms with E-state index in [-0.39, 0.29) is 18.1 Å². The van der Waals surface area contributed by atoms with Crippen LogP contribution in [0.4, 0.5) is 4.39 Å². The van der Waals surface area contributed by atoms with E-state index in [1.54, 1.807) is 25.1 Å². The van der Waals surface area contributed by atoms with Crippen LogP contribution in [-0.4, -0.2) is 40.1 Å². The van der Waals surface area contributed by atoms with E-state index >= 15 is 0 Å². The molecule has 1 heterocycles. The topological polar surface area (TPSA) is 88.8 Å². The summed E-state index contributed by atoms with van der Waals surface area (Å²) < 4.78 is 13.8. The van der Waals surface area contributed by atoms with Gasteiger partial charge in [-0.15, -0.1) is 0 Å². The maximum Gasteiger partial charge on any atom is 0.292 e. The van der Waals surface area contributed by atoms with E-state index in [2.05, 4.69) is 10.4 Å². The lowest BCUT2D eigenvalue weighted by molar-refractivity contribution is -0.129. The molecule has 0 fully saturated rings. The fourth-order valence-corrected chi connectivity index (χ4v) is 3.05. The average Bonchev–Trinajstić information content (AvgIpc) is 2.65. The molecule has 1 aliphatic rings. The number of amides is 1. The van der Waals surface area contributed by atoms with E-state index in [0.717, 1.165) is 6.42 Å². The predicted molar refractivity (Wildman–Crippen MR) is 104 cm³/mol. The normalized spacial score (nSPS) is 18.5. The van der Waals surface area contributed by atoms with Crippen LogP contribution in [-0.2, 0) is 11.3 Å². The molecule has 0 saturated carbocycles. The van der Waals surface area contributed by atoms with Crippen molar-refractivity contribution >= 4 is 17.8 Å². The number of aliphatic hydroxyl groups is 1. The third-order valence-corrected chi connectivity index (χ3v) is 4.59. The summed E-state index contributed by atoms with van der Waals surface area (Å²) in [6.07, 6.45) is 2.66. The van der Waals surface area contributed by atoms with Crippen LogP contribution in [0.1, 0.15) is 45.6 Å². The van der Waals surface area contributed by atoms with Gasteiger partial charge in [0.2, 0.25) is 0 Å². The van der Waals surface area contributed by atoms with Crippen molar-refractivity contribution < 1.29 is 14.3 Å². The highest BCUT2D eigenvalue weighted by atomic mass is 19.1. The first-order valence-electron chi connectivity index (χ1n) is 9.25. The monoisotopic (exact) mass is 374 g/mol. The molecule has 3 N–H and O–H groups in total. The van der Waals surface area contributed by atoms with Gasteiger partial charge in [0.1, 0.15) is 11.5 Å². The van der Waals surface area contributed by atoms with E-state index < -0.39 is 18.1 Å². The van der Waals surface area contributed by atoms with Crippen LogP contribution < -0.4 is 5.32 Å². The molecule has 2 rings (SSSR count). The van der Waals surface area contributed by atoms with Crippen LogP contribution in [0.2, 0.25) is 0 Å². The number of halogens is 1. The standard InChI is InChI=1S/C20H27FN4O2/c1-4-8-18(13(3)26)25-20(27)19(22)15(12-24-25)17(5-2)23-11-14-9-6-7-10-16(14)21/h6-7,9-10,12-13,18,22-23,26H,4-5,8,11H2,1-3H3/b17-15-,22-19?. The fourth-order valence-electron chi connectivity index (χ4n) is 3.05. The molecule has 1 aromatic carbocycles. The first-order chi connectivity index (χ1) is 12.9. The minimum atomic E-state index is -0.741. The molecule has 1 aliphatic heterocycles. The number of hydrogen-bond acceptors (Lipinski definition) is 5. The summed E-state index contributed by atoms with van der Waals surface area (Å²) in [6.45, 7) is 5.73. The number of hydrogen-bond donors (Lipinski definition) is 3. The fraction of sp³-hybridized carbons (Fsp3) is 0.450. The molecule has 6 nitrogen and oxygen atoms in total. The number of nitrogens with zero attached hydrogens (tertiary/aromatic N) is 2. The lowest BCUT2D eigenvalue weighted by atomic mass is 10.0. The van der Waals surface area contributed by atoms with E-state index in [4.69, 9.17) is 5.41 Å². The zero-order valence-electron chi connectivity index (χ0n) is 16.0. The summed E-state index contributed by atoms with van der Waals surface area (Å²) in [5.74, 6) is -0.843. The Morgan fingerprint density at radius 1 is 1.37 bits per heavy atom. The van der Waals surface area contributed by atoms with Crippen molar-refractivity contribution in [2.24, 2.45) is 5.10 Å². The molecule has 2 unspecified atom stereocenters. The first-order valence-corrected chi connectivity index (χ1v) is 9.25. The summed E-state index contributed by atoms with van der Waals surface area (Å²) in [4.78, 5) is 12.7. The summed E-state index contributed by atoms with van der Waals surface area (Å²) in [5.41, 5.74) is 1.39. The van der Waals surface area contributed by atoms with E-state index in [1.165, 1.54) is 17.3 Å². The van der Waals surface area contributed by atoms with Gasteiger partial charge in [-0.3, -0.25) is 10.2 Å². The first kappa shape index (κ1) is 20.8. The van der Waals surface area contributed by atoms with Gasteiger partial charge in [0.15, 0.2) is 0 Å². The highest BCUT2D eigenvalue weighted by Crippen LogP contribution is 2.20. The molecule has 0 radical (unpaired) electrons. The second-order valence-corrected chi connectivity index (χ2v) is 6.56. The molecule has 27 heavy (non-hydrogen) atoms. The van der Waals surface area contributed by atoms with Crippen LogP contribution >= 0.6 is 0 Å². The lowest BCUT2D eigenvalue weighted by Crippen LogP contribution is -2.48. The Morgan fingerprint density at radius 3 is 2.67 bits per heavy atom. The second-order valence-electron chi connectivity index (χ2n) is 6.56. The molecule has 2 atom stereocenters. The maximum atomic E-state index is 13.8. The Labute approximate surface area is 159 Å². The SMILES string of the molecule is CCCC(C(C)O)N1N=C/C(=C(\CC)NCc2ccccc2F)C(=N)C1=O. The van der Waals surface area contributed by atoms with Crippen LogP contribution in [0, 0.1) is 11.2 Å². The minimum absolute atomic E-state index is 0.176. The minimum Gasteiger partial charge on any atom is -0.391 e. The molecule has 1 aromatic rings. The number of hydrazone groups is 1. The molecule has 0 aliphatic carbocycles. The van der Waals surface area contributed by atoms with Crippen LogP contribution in [0.5, 0.6) is 0 Å². The number of aliphatic hydroxyl groups excluding tert-OH is 1. The molecule has 7 heteroatoms. The van der Waals surface area contributed by atoms with Gasteiger partial charge < -0.3 is 10.4 Å². The Hall–Kier alpha value is -2.54. The zero-order valence-corrected chi connectivity index (χ0v) is 16.0. The summed E-state index contributed by atoms with van der Waals surface area (Å²) in [7, 11) is 0. The molecule has 0 spiro atoms. The Balaban J connectivity index is 2.25. The summed E-state index contributed by atoms with van der Waals surface area (Å²) >= 11 is 0. The van der Waals surface area contributed by atoms with Crippen molar-refractivity contribution in [2.75, 3.05) is 0 Å². The summed E-state index contributed by atoms with van der Waals surface area (Å²) in [5, 5.41) is 26.8. The number of rotatable bonds is 8.